The van der Waals surface area contributed by atoms with Crippen LogP contribution in [0.2, 0.25) is 0 Å². The molecule has 0 unspecified atom stereocenters. The highest BCUT2D eigenvalue weighted by Crippen LogP contribution is 2.68. The van der Waals surface area contributed by atoms with Crippen molar-refractivity contribution in [3.05, 3.63) is 11.6 Å². The fraction of sp³-hybridized carbons (Fsp3) is 0.818. The number of esters is 1. The molecule has 4 aliphatic carbocycles. The van der Waals surface area contributed by atoms with E-state index in [1.165, 1.54) is 24.8 Å². The summed E-state index contributed by atoms with van der Waals surface area (Å²) in [5.41, 5.74) is 1.43. The van der Waals surface area contributed by atoms with Crippen molar-refractivity contribution >= 4 is 11.8 Å². The van der Waals surface area contributed by atoms with Gasteiger partial charge in [0.05, 0.1) is 0 Å². The molecule has 0 aromatic rings. The van der Waals surface area contributed by atoms with E-state index in [0.29, 0.717) is 23.5 Å². The summed E-state index contributed by atoms with van der Waals surface area (Å²) in [7, 11) is 0. The van der Waals surface area contributed by atoms with Crippen molar-refractivity contribution in [3.8, 4) is 0 Å². The molecule has 138 valence electrons. The van der Waals surface area contributed by atoms with Gasteiger partial charge in [0.2, 0.25) is 0 Å². The maximum absolute atomic E-state index is 11.9. The zero-order valence-corrected chi connectivity index (χ0v) is 16.2. The van der Waals surface area contributed by atoms with E-state index in [2.05, 4.69) is 20.8 Å². The lowest BCUT2D eigenvalue weighted by molar-refractivity contribution is -0.177. The number of allylic oxidation sites excluding steroid dienone is 1. The van der Waals surface area contributed by atoms with Gasteiger partial charge in [-0.3, -0.25) is 9.59 Å². The first-order valence-electron chi connectivity index (χ1n) is 10.1. The number of rotatable bonds is 1. The third kappa shape index (κ3) is 2.30. The Morgan fingerprint density at radius 2 is 1.76 bits per heavy atom. The molecule has 4 aliphatic rings. The number of carbonyl (C=O) groups is 2. The molecular weight excluding hydrogens is 312 g/mol. The van der Waals surface area contributed by atoms with E-state index < -0.39 is 0 Å². The molecule has 6 atom stereocenters. The number of hydrogen-bond donors (Lipinski definition) is 0. The van der Waals surface area contributed by atoms with Crippen LogP contribution in [-0.4, -0.2) is 17.4 Å². The second-order valence-corrected chi connectivity index (χ2v) is 9.79. The van der Waals surface area contributed by atoms with Crippen molar-refractivity contribution in [2.24, 2.45) is 28.6 Å². The van der Waals surface area contributed by atoms with E-state index in [9.17, 15) is 9.59 Å². The summed E-state index contributed by atoms with van der Waals surface area (Å²) in [4.78, 5) is 23.6. The normalized spacial score (nSPS) is 48.9. The third-order valence-electron chi connectivity index (χ3n) is 8.86. The Morgan fingerprint density at radius 3 is 2.48 bits per heavy atom. The summed E-state index contributed by atoms with van der Waals surface area (Å²) in [6, 6.07) is 0. The van der Waals surface area contributed by atoms with E-state index in [-0.39, 0.29) is 22.4 Å². The first kappa shape index (κ1) is 17.3. The van der Waals surface area contributed by atoms with E-state index in [4.69, 9.17) is 4.74 Å². The summed E-state index contributed by atoms with van der Waals surface area (Å²) < 4.78 is 5.90. The molecule has 0 heterocycles. The van der Waals surface area contributed by atoms with Gasteiger partial charge < -0.3 is 4.74 Å². The fourth-order valence-electron chi connectivity index (χ4n) is 7.27. The summed E-state index contributed by atoms with van der Waals surface area (Å²) >= 11 is 0. The predicted molar refractivity (Wildman–Crippen MR) is 96.9 cm³/mol. The SMILES string of the molecule is CC(=O)O[C@@]1(C)CC[C@@H]2[C@H]3CCC4=CC(=O)CC[C@]4(C)[C@@H]3CC[C@@]21C. The molecular formula is C22H32O3. The number of ketones is 1. The second kappa shape index (κ2) is 5.44. The Labute approximate surface area is 151 Å². The molecule has 3 heteroatoms. The van der Waals surface area contributed by atoms with Gasteiger partial charge in [-0.25, -0.2) is 0 Å². The minimum absolute atomic E-state index is 0.0991. The van der Waals surface area contributed by atoms with Crippen LogP contribution in [0.25, 0.3) is 0 Å². The van der Waals surface area contributed by atoms with Crippen molar-refractivity contribution in [1.82, 2.24) is 0 Å². The van der Waals surface area contributed by atoms with Gasteiger partial charge in [0.15, 0.2) is 5.78 Å². The van der Waals surface area contributed by atoms with Crippen LogP contribution in [0.4, 0.5) is 0 Å². The Kier molecular flexibility index (Phi) is 3.76. The number of fused-ring (bicyclic) bond motifs is 5. The van der Waals surface area contributed by atoms with Crippen molar-refractivity contribution in [2.45, 2.75) is 84.7 Å². The highest BCUT2D eigenvalue weighted by Gasteiger charge is 2.64. The van der Waals surface area contributed by atoms with Crippen LogP contribution in [0.15, 0.2) is 11.6 Å². The zero-order valence-electron chi connectivity index (χ0n) is 16.2. The summed E-state index contributed by atoms with van der Waals surface area (Å²) in [5, 5.41) is 0. The smallest absolute Gasteiger partial charge is 0.303 e. The Hall–Kier alpha value is -1.12. The molecule has 0 amide bonds. The Bertz CT molecular complexity index is 650. The van der Waals surface area contributed by atoms with Crippen LogP contribution < -0.4 is 0 Å². The lowest BCUT2D eigenvalue weighted by Gasteiger charge is -2.59. The molecule has 3 fully saturated rings. The first-order valence-corrected chi connectivity index (χ1v) is 10.1. The van der Waals surface area contributed by atoms with Crippen molar-refractivity contribution < 1.29 is 14.3 Å². The molecule has 0 bridgehead atoms. The molecule has 0 spiro atoms. The minimum Gasteiger partial charge on any atom is -0.459 e. The van der Waals surface area contributed by atoms with Crippen LogP contribution in [-0.2, 0) is 14.3 Å². The van der Waals surface area contributed by atoms with Gasteiger partial charge >= 0.3 is 5.97 Å². The van der Waals surface area contributed by atoms with E-state index in [0.717, 1.165) is 32.1 Å². The first-order chi connectivity index (χ1) is 11.7. The van der Waals surface area contributed by atoms with Gasteiger partial charge in [-0.1, -0.05) is 19.4 Å². The number of ether oxygens (including phenoxy) is 1. The lowest BCUT2D eigenvalue weighted by Crippen LogP contribution is -2.55. The summed E-state index contributed by atoms with van der Waals surface area (Å²) in [5.74, 6) is 2.24. The quantitative estimate of drug-likeness (QED) is 0.639. The summed E-state index contributed by atoms with van der Waals surface area (Å²) in [6.07, 6.45) is 10.5. The van der Waals surface area contributed by atoms with Crippen LogP contribution >= 0.6 is 0 Å². The second-order valence-electron chi connectivity index (χ2n) is 9.79. The Morgan fingerprint density at radius 1 is 1.04 bits per heavy atom. The number of carbonyl (C=O) groups excluding carboxylic acids is 2. The average Bonchev–Trinajstić information content (AvgIpc) is 2.79. The van der Waals surface area contributed by atoms with Gasteiger partial charge in [0.1, 0.15) is 5.60 Å². The summed E-state index contributed by atoms with van der Waals surface area (Å²) in [6.45, 7) is 8.52. The van der Waals surface area contributed by atoms with Gasteiger partial charge in [0.25, 0.3) is 0 Å². The molecule has 0 aliphatic heterocycles. The molecule has 3 saturated carbocycles. The zero-order chi connectivity index (χ0) is 18.0. The molecule has 0 aromatic carbocycles. The van der Waals surface area contributed by atoms with Gasteiger partial charge in [-0.05, 0) is 81.1 Å². The van der Waals surface area contributed by atoms with Crippen molar-refractivity contribution in [2.75, 3.05) is 0 Å². The topological polar surface area (TPSA) is 43.4 Å². The Balaban J connectivity index is 1.66. The highest BCUT2D eigenvalue weighted by molar-refractivity contribution is 5.91. The van der Waals surface area contributed by atoms with E-state index in [1.807, 2.05) is 6.08 Å². The lowest BCUT2D eigenvalue weighted by atomic mass is 9.46. The fourth-order valence-corrected chi connectivity index (χ4v) is 7.27. The highest BCUT2D eigenvalue weighted by atomic mass is 16.6. The van der Waals surface area contributed by atoms with Crippen molar-refractivity contribution in [3.63, 3.8) is 0 Å². The van der Waals surface area contributed by atoms with Gasteiger partial charge in [-0.15, -0.1) is 0 Å². The minimum atomic E-state index is -0.311. The van der Waals surface area contributed by atoms with E-state index >= 15 is 0 Å². The van der Waals surface area contributed by atoms with Crippen LogP contribution in [0, 0.1) is 28.6 Å². The van der Waals surface area contributed by atoms with Crippen molar-refractivity contribution in [1.29, 1.82) is 0 Å². The molecule has 3 nitrogen and oxygen atoms in total. The molecule has 25 heavy (non-hydrogen) atoms. The monoisotopic (exact) mass is 344 g/mol. The van der Waals surface area contributed by atoms with E-state index in [1.54, 1.807) is 6.92 Å². The average molecular weight is 344 g/mol. The van der Waals surface area contributed by atoms with Crippen LogP contribution in [0.3, 0.4) is 0 Å². The standard InChI is InChI=1S/C22H32O3/c1-14(23)25-22(4)12-9-19-17-6-5-15-13-16(24)7-10-20(15,2)18(17)8-11-21(19,22)3/h13,17-19H,5-12H2,1-4H3/t17-,18+,19+,20-,21-,22-/m0/s1. The maximum Gasteiger partial charge on any atom is 0.303 e. The number of hydrogen-bond acceptors (Lipinski definition) is 3. The molecule has 0 saturated heterocycles. The maximum atomic E-state index is 11.9. The van der Waals surface area contributed by atoms with Crippen LogP contribution in [0.5, 0.6) is 0 Å². The molecule has 0 aromatic heterocycles. The molecule has 4 rings (SSSR count). The largest absolute Gasteiger partial charge is 0.459 e. The molecule has 0 radical (unpaired) electrons. The predicted octanol–water partition coefficient (Wildman–Crippen LogP) is 4.84. The van der Waals surface area contributed by atoms with Gasteiger partial charge in [-0.2, -0.15) is 0 Å². The molecule has 0 N–H and O–H groups in total. The van der Waals surface area contributed by atoms with Crippen LogP contribution in [0.1, 0.15) is 79.1 Å². The van der Waals surface area contributed by atoms with Gasteiger partial charge in [0, 0.05) is 18.8 Å². The third-order valence-corrected chi connectivity index (χ3v) is 8.86.